The maximum Gasteiger partial charge on any atom is 0.218 e. The molecule has 0 saturated carbocycles. The average Bonchev–Trinajstić information content (AvgIpc) is 2.97. The summed E-state index contributed by atoms with van der Waals surface area (Å²) >= 11 is 0. The lowest BCUT2D eigenvalue weighted by Crippen LogP contribution is -2.02. The van der Waals surface area contributed by atoms with E-state index in [4.69, 9.17) is 10.5 Å². The molecule has 0 aliphatic carbocycles. The first-order chi connectivity index (χ1) is 10.2. The van der Waals surface area contributed by atoms with Crippen LogP contribution in [0.3, 0.4) is 0 Å². The summed E-state index contributed by atoms with van der Waals surface area (Å²) in [5, 5.41) is 4.34. The lowest BCUT2D eigenvalue weighted by Gasteiger charge is -2.04. The molecule has 3 rings (SSSR count). The Balaban J connectivity index is 1.98. The minimum Gasteiger partial charge on any atom is -0.481 e. The Hall–Kier alpha value is -2.89. The Morgan fingerprint density at radius 1 is 1.10 bits per heavy atom. The molecule has 0 unspecified atom stereocenters. The summed E-state index contributed by atoms with van der Waals surface area (Å²) in [7, 11) is 1.58. The summed E-state index contributed by atoms with van der Waals surface area (Å²) in [6.45, 7) is 1.82. The van der Waals surface area contributed by atoms with Gasteiger partial charge in [0, 0.05) is 23.5 Å². The van der Waals surface area contributed by atoms with Crippen LogP contribution in [0, 0.1) is 6.92 Å². The molecule has 2 N–H and O–H groups in total. The number of methoxy groups -OCH3 is 1. The molecule has 0 aliphatic heterocycles. The average molecular weight is 281 g/mol. The zero-order chi connectivity index (χ0) is 14.8. The van der Waals surface area contributed by atoms with Crippen LogP contribution in [0.25, 0.3) is 16.9 Å². The van der Waals surface area contributed by atoms with E-state index in [1.54, 1.807) is 24.1 Å². The minimum atomic E-state index is 0.516. The molecule has 0 radical (unpaired) electrons. The van der Waals surface area contributed by atoms with Crippen LogP contribution in [0.15, 0.2) is 42.7 Å². The molecule has 0 aliphatic rings. The molecule has 6 heteroatoms. The maximum absolute atomic E-state index is 5.70. The van der Waals surface area contributed by atoms with Crippen LogP contribution in [-0.4, -0.2) is 26.9 Å². The second kappa shape index (κ2) is 5.24. The normalized spacial score (nSPS) is 10.6. The molecule has 21 heavy (non-hydrogen) atoms. The van der Waals surface area contributed by atoms with Gasteiger partial charge in [0.1, 0.15) is 5.82 Å². The summed E-state index contributed by atoms with van der Waals surface area (Å²) in [5.74, 6) is 1.82. The Bertz CT molecular complexity index is 764. The summed E-state index contributed by atoms with van der Waals surface area (Å²) in [5.41, 5.74) is 8.48. The van der Waals surface area contributed by atoms with Crippen LogP contribution in [0.2, 0.25) is 0 Å². The molecule has 0 saturated heterocycles. The summed E-state index contributed by atoms with van der Waals surface area (Å²) in [4.78, 5) is 8.53. The van der Waals surface area contributed by atoms with Crippen LogP contribution >= 0.6 is 0 Å². The number of aryl methyl sites for hydroxylation is 1. The molecule has 2 heterocycles. The van der Waals surface area contributed by atoms with E-state index in [0.717, 1.165) is 16.8 Å². The number of benzene rings is 1. The van der Waals surface area contributed by atoms with Crippen molar-refractivity contribution in [3.63, 3.8) is 0 Å². The van der Waals surface area contributed by atoms with Gasteiger partial charge in [-0.1, -0.05) is 12.1 Å². The van der Waals surface area contributed by atoms with Gasteiger partial charge in [-0.25, -0.2) is 9.67 Å². The molecule has 0 atom stereocenters. The quantitative estimate of drug-likeness (QED) is 0.745. The topological polar surface area (TPSA) is 78.9 Å². The standard InChI is InChI=1S/C15H15N5O/c1-10-18-14(7-15(19-10)21-2)20-9-12(8-17-20)11-3-5-13(16)6-4-11/h3-9H,16H2,1-2H3. The van der Waals surface area contributed by atoms with Crippen molar-refractivity contribution in [1.29, 1.82) is 0 Å². The number of nitrogens with two attached hydrogens (primary N) is 1. The Kier molecular flexibility index (Phi) is 3.27. The molecule has 1 aromatic carbocycles. The molecular weight excluding hydrogens is 266 g/mol. The first-order valence-electron chi connectivity index (χ1n) is 6.46. The van der Waals surface area contributed by atoms with Crippen LogP contribution < -0.4 is 10.5 Å². The van der Waals surface area contributed by atoms with Crippen molar-refractivity contribution in [2.75, 3.05) is 12.8 Å². The van der Waals surface area contributed by atoms with Gasteiger partial charge in [-0.15, -0.1) is 0 Å². The second-order valence-corrected chi connectivity index (χ2v) is 4.61. The molecular formula is C15H15N5O. The molecule has 3 aromatic rings. The fourth-order valence-electron chi connectivity index (χ4n) is 2.02. The smallest absolute Gasteiger partial charge is 0.218 e. The van der Waals surface area contributed by atoms with Crippen LogP contribution in [0.4, 0.5) is 5.69 Å². The number of anilines is 1. The van der Waals surface area contributed by atoms with E-state index in [2.05, 4.69) is 15.1 Å². The lowest BCUT2D eigenvalue weighted by atomic mass is 10.1. The van der Waals surface area contributed by atoms with Gasteiger partial charge in [-0.2, -0.15) is 10.1 Å². The first-order valence-corrected chi connectivity index (χ1v) is 6.46. The largest absolute Gasteiger partial charge is 0.481 e. The molecule has 6 nitrogen and oxygen atoms in total. The summed E-state index contributed by atoms with van der Waals surface area (Å²) < 4.78 is 6.85. The predicted octanol–water partition coefficient (Wildman–Crippen LogP) is 2.23. The predicted molar refractivity (Wildman–Crippen MR) is 80.3 cm³/mol. The van der Waals surface area contributed by atoms with Gasteiger partial charge in [0.25, 0.3) is 0 Å². The van der Waals surface area contributed by atoms with Crippen molar-refractivity contribution in [3.05, 3.63) is 48.5 Å². The zero-order valence-electron chi connectivity index (χ0n) is 11.8. The third kappa shape index (κ3) is 2.69. The van der Waals surface area contributed by atoms with Crippen molar-refractivity contribution in [3.8, 4) is 22.8 Å². The van der Waals surface area contributed by atoms with E-state index in [9.17, 15) is 0 Å². The van der Waals surface area contributed by atoms with Crippen molar-refractivity contribution in [1.82, 2.24) is 19.7 Å². The zero-order valence-corrected chi connectivity index (χ0v) is 11.8. The molecule has 0 amide bonds. The van der Waals surface area contributed by atoms with E-state index in [-0.39, 0.29) is 0 Å². The molecule has 2 aromatic heterocycles. The van der Waals surface area contributed by atoms with Crippen molar-refractivity contribution in [2.45, 2.75) is 6.92 Å². The van der Waals surface area contributed by atoms with Gasteiger partial charge < -0.3 is 10.5 Å². The van der Waals surface area contributed by atoms with Gasteiger partial charge in [0.05, 0.1) is 13.3 Å². The number of ether oxygens (including phenoxy) is 1. The monoisotopic (exact) mass is 281 g/mol. The number of aromatic nitrogens is 4. The van der Waals surface area contributed by atoms with E-state index >= 15 is 0 Å². The fraction of sp³-hybridized carbons (Fsp3) is 0.133. The Morgan fingerprint density at radius 2 is 1.86 bits per heavy atom. The minimum absolute atomic E-state index is 0.516. The van der Waals surface area contributed by atoms with E-state index in [0.29, 0.717) is 17.5 Å². The fourth-order valence-corrected chi connectivity index (χ4v) is 2.02. The SMILES string of the molecule is COc1cc(-n2cc(-c3ccc(N)cc3)cn2)nc(C)n1. The van der Waals surface area contributed by atoms with E-state index < -0.39 is 0 Å². The molecule has 0 spiro atoms. The van der Waals surface area contributed by atoms with Gasteiger partial charge >= 0.3 is 0 Å². The highest BCUT2D eigenvalue weighted by molar-refractivity contribution is 5.64. The Morgan fingerprint density at radius 3 is 2.57 bits per heavy atom. The third-order valence-corrected chi connectivity index (χ3v) is 3.07. The van der Waals surface area contributed by atoms with Gasteiger partial charge in [0.15, 0.2) is 5.82 Å². The summed E-state index contributed by atoms with van der Waals surface area (Å²) in [6, 6.07) is 9.40. The number of rotatable bonds is 3. The second-order valence-electron chi connectivity index (χ2n) is 4.61. The highest BCUT2D eigenvalue weighted by atomic mass is 16.5. The van der Waals surface area contributed by atoms with Crippen molar-refractivity contribution < 1.29 is 4.74 Å². The molecule has 0 fully saturated rings. The van der Waals surface area contributed by atoms with Gasteiger partial charge in [-0.3, -0.25) is 0 Å². The van der Waals surface area contributed by atoms with E-state index in [1.165, 1.54) is 0 Å². The Labute approximate surface area is 122 Å². The summed E-state index contributed by atoms with van der Waals surface area (Å²) in [6.07, 6.45) is 3.70. The van der Waals surface area contributed by atoms with Crippen molar-refractivity contribution >= 4 is 5.69 Å². The molecule has 106 valence electrons. The van der Waals surface area contributed by atoms with Crippen molar-refractivity contribution in [2.24, 2.45) is 0 Å². The third-order valence-electron chi connectivity index (χ3n) is 3.07. The van der Waals surface area contributed by atoms with Gasteiger partial charge in [0.2, 0.25) is 5.88 Å². The number of nitrogens with zero attached hydrogens (tertiary/aromatic N) is 4. The number of hydrogen-bond donors (Lipinski definition) is 1. The highest BCUT2D eigenvalue weighted by Gasteiger charge is 2.07. The molecule has 0 bridgehead atoms. The van der Waals surface area contributed by atoms with Crippen LogP contribution in [0.5, 0.6) is 5.88 Å². The van der Waals surface area contributed by atoms with Crippen LogP contribution in [-0.2, 0) is 0 Å². The maximum atomic E-state index is 5.70. The lowest BCUT2D eigenvalue weighted by molar-refractivity contribution is 0.395. The number of nitrogen functional groups attached to an aromatic ring is 1. The van der Waals surface area contributed by atoms with Gasteiger partial charge in [-0.05, 0) is 24.6 Å². The van der Waals surface area contributed by atoms with E-state index in [1.807, 2.05) is 37.4 Å². The highest BCUT2D eigenvalue weighted by Crippen LogP contribution is 2.21. The first kappa shape index (κ1) is 13.1. The van der Waals surface area contributed by atoms with Crippen LogP contribution in [0.1, 0.15) is 5.82 Å². The number of hydrogen-bond acceptors (Lipinski definition) is 5.